The standard InChI is InChI=1S/C13H13F2N3O.ClH/c14-9-5-4-8(7-10(9)15)12-17-13(19-18-12)11-3-1-2-6-16-11;/h4-5,7,11,16H,1-3,6H2;1H/t11-;/m1./s1. The molecule has 0 amide bonds. The maximum Gasteiger partial charge on any atom is 0.244 e. The van der Waals surface area contributed by atoms with E-state index in [1.54, 1.807) is 0 Å². The van der Waals surface area contributed by atoms with Gasteiger partial charge in [-0.2, -0.15) is 4.98 Å². The van der Waals surface area contributed by atoms with Gasteiger partial charge in [0.25, 0.3) is 0 Å². The summed E-state index contributed by atoms with van der Waals surface area (Å²) in [4.78, 5) is 4.25. The summed E-state index contributed by atoms with van der Waals surface area (Å²) < 4.78 is 31.2. The highest BCUT2D eigenvalue weighted by atomic mass is 35.5. The first-order valence-electron chi connectivity index (χ1n) is 6.26. The summed E-state index contributed by atoms with van der Waals surface area (Å²) >= 11 is 0. The largest absolute Gasteiger partial charge is 0.337 e. The molecule has 0 bridgehead atoms. The number of halogens is 3. The molecule has 108 valence electrons. The number of rotatable bonds is 2. The lowest BCUT2D eigenvalue weighted by molar-refractivity contribution is 0.297. The first kappa shape index (κ1) is 14.9. The number of hydrogen-bond acceptors (Lipinski definition) is 4. The molecular weight excluding hydrogens is 288 g/mol. The maximum atomic E-state index is 13.2. The van der Waals surface area contributed by atoms with Crippen LogP contribution in [0.3, 0.4) is 0 Å². The van der Waals surface area contributed by atoms with Crippen molar-refractivity contribution in [2.75, 3.05) is 6.54 Å². The van der Waals surface area contributed by atoms with Gasteiger partial charge < -0.3 is 9.84 Å². The zero-order valence-corrected chi connectivity index (χ0v) is 11.4. The lowest BCUT2D eigenvalue weighted by Crippen LogP contribution is -2.26. The number of benzene rings is 1. The molecule has 20 heavy (non-hydrogen) atoms. The van der Waals surface area contributed by atoms with Crippen LogP contribution in [-0.2, 0) is 0 Å². The first-order valence-corrected chi connectivity index (χ1v) is 6.26. The van der Waals surface area contributed by atoms with E-state index in [9.17, 15) is 8.78 Å². The Morgan fingerprint density at radius 2 is 2.05 bits per heavy atom. The van der Waals surface area contributed by atoms with Gasteiger partial charge in [-0.15, -0.1) is 12.4 Å². The minimum atomic E-state index is -0.917. The van der Waals surface area contributed by atoms with Gasteiger partial charge in [-0.1, -0.05) is 11.6 Å². The lowest BCUT2D eigenvalue weighted by atomic mass is 10.1. The molecule has 1 saturated heterocycles. The Morgan fingerprint density at radius 3 is 2.75 bits per heavy atom. The van der Waals surface area contributed by atoms with Crippen molar-refractivity contribution in [1.29, 1.82) is 0 Å². The molecule has 1 N–H and O–H groups in total. The highest BCUT2D eigenvalue weighted by molar-refractivity contribution is 5.85. The molecule has 2 heterocycles. The molecule has 1 atom stereocenters. The molecule has 0 saturated carbocycles. The summed E-state index contributed by atoms with van der Waals surface area (Å²) in [7, 11) is 0. The SMILES string of the molecule is Cl.Fc1ccc(-c2noc([C@H]3CCCCN3)n2)cc1F. The van der Waals surface area contributed by atoms with Crippen molar-refractivity contribution in [3.63, 3.8) is 0 Å². The van der Waals surface area contributed by atoms with Gasteiger partial charge in [0, 0.05) is 5.56 Å². The predicted molar refractivity (Wildman–Crippen MR) is 71.5 cm³/mol. The van der Waals surface area contributed by atoms with Crippen LogP contribution in [0.25, 0.3) is 11.4 Å². The Kier molecular flexibility index (Phi) is 4.67. The van der Waals surface area contributed by atoms with E-state index in [0.29, 0.717) is 11.5 Å². The molecule has 0 radical (unpaired) electrons. The molecule has 1 aromatic heterocycles. The highest BCUT2D eigenvalue weighted by Crippen LogP contribution is 2.24. The Labute approximate surface area is 121 Å². The monoisotopic (exact) mass is 301 g/mol. The summed E-state index contributed by atoms with van der Waals surface area (Å²) in [5, 5.41) is 7.11. The van der Waals surface area contributed by atoms with E-state index in [4.69, 9.17) is 4.52 Å². The maximum absolute atomic E-state index is 13.2. The number of aromatic nitrogens is 2. The van der Waals surface area contributed by atoms with Crippen LogP contribution in [0.5, 0.6) is 0 Å². The van der Waals surface area contributed by atoms with Crippen LogP contribution in [0.1, 0.15) is 31.2 Å². The molecule has 1 fully saturated rings. The second-order valence-corrected chi connectivity index (χ2v) is 4.59. The van der Waals surface area contributed by atoms with Gasteiger partial charge >= 0.3 is 0 Å². The average molecular weight is 302 g/mol. The normalized spacial score (nSPS) is 18.6. The fourth-order valence-electron chi connectivity index (χ4n) is 2.19. The highest BCUT2D eigenvalue weighted by Gasteiger charge is 2.21. The van der Waals surface area contributed by atoms with Gasteiger partial charge in [0.05, 0.1) is 6.04 Å². The van der Waals surface area contributed by atoms with Gasteiger partial charge in [-0.3, -0.25) is 0 Å². The average Bonchev–Trinajstić information content (AvgIpc) is 2.93. The van der Waals surface area contributed by atoms with Crippen LogP contribution in [0.4, 0.5) is 8.78 Å². The zero-order valence-electron chi connectivity index (χ0n) is 10.6. The second-order valence-electron chi connectivity index (χ2n) is 4.59. The molecule has 2 aromatic rings. The van der Waals surface area contributed by atoms with Gasteiger partial charge in [0.15, 0.2) is 11.6 Å². The van der Waals surface area contributed by atoms with Crippen molar-refractivity contribution in [2.45, 2.75) is 25.3 Å². The number of nitrogens with one attached hydrogen (secondary N) is 1. The zero-order chi connectivity index (χ0) is 13.2. The second kappa shape index (κ2) is 6.28. The Morgan fingerprint density at radius 1 is 1.20 bits per heavy atom. The molecule has 0 spiro atoms. The fraction of sp³-hybridized carbons (Fsp3) is 0.385. The van der Waals surface area contributed by atoms with Crippen molar-refractivity contribution in [3.05, 3.63) is 35.7 Å². The number of nitrogens with zero attached hydrogens (tertiary/aromatic N) is 2. The van der Waals surface area contributed by atoms with Crippen LogP contribution < -0.4 is 5.32 Å². The predicted octanol–water partition coefficient (Wildman–Crippen LogP) is 3.25. The Hall–Kier alpha value is -1.53. The van der Waals surface area contributed by atoms with Crippen molar-refractivity contribution in [3.8, 4) is 11.4 Å². The van der Waals surface area contributed by atoms with Crippen LogP contribution >= 0.6 is 12.4 Å². The molecule has 1 aromatic carbocycles. The third-order valence-electron chi connectivity index (χ3n) is 3.23. The summed E-state index contributed by atoms with van der Waals surface area (Å²) in [5.74, 6) is -1.03. The van der Waals surface area contributed by atoms with Crippen LogP contribution in [0.15, 0.2) is 22.7 Å². The van der Waals surface area contributed by atoms with Crippen molar-refractivity contribution in [2.24, 2.45) is 0 Å². The van der Waals surface area contributed by atoms with Crippen molar-refractivity contribution in [1.82, 2.24) is 15.5 Å². The quantitative estimate of drug-likeness (QED) is 0.925. The summed E-state index contributed by atoms with van der Waals surface area (Å²) in [5.41, 5.74) is 0.407. The summed E-state index contributed by atoms with van der Waals surface area (Å²) in [6.45, 7) is 0.924. The van der Waals surface area contributed by atoms with E-state index >= 15 is 0 Å². The van der Waals surface area contributed by atoms with Gasteiger partial charge in [-0.05, 0) is 37.6 Å². The van der Waals surface area contributed by atoms with Crippen molar-refractivity contribution < 1.29 is 13.3 Å². The third-order valence-corrected chi connectivity index (χ3v) is 3.23. The van der Waals surface area contributed by atoms with Crippen LogP contribution in [-0.4, -0.2) is 16.7 Å². The molecule has 1 aliphatic rings. The molecule has 1 aliphatic heterocycles. The van der Waals surface area contributed by atoms with Crippen LogP contribution in [0.2, 0.25) is 0 Å². The molecule has 0 unspecified atom stereocenters. The van der Waals surface area contributed by atoms with E-state index in [2.05, 4.69) is 15.5 Å². The molecular formula is C13H14ClF2N3O. The van der Waals surface area contributed by atoms with Crippen molar-refractivity contribution >= 4 is 12.4 Å². The van der Waals surface area contributed by atoms with Gasteiger partial charge in [0.2, 0.25) is 11.7 Å². The fourth-order valence-corrected chi connectivity index (χ4v) is 2.19. The topological polar surface area (TPSA) is 51.0 Å². The molecule has 0 aliphatic carbocycles. The number of hydrogen-bond donors (Lipinski definition) is 1. The van der Waals surface area contributed by atoms with Gasteiger partial charge in [0.1, 0.15) is 0 Å². The minimum absolute atomic E-state index is 0. The molecule has 4 nitrogen and oxygen atoms in total. The Balaban J connectivity index is 0.00000147. The van der Waals surface area contributed by atoms with E-state index in [-0.39, 0.29) is 24.3 Å². The minimum Gasteiger partial charge on any atom is -0.337 e. The molecule has 3 rings (SSSR count). The summed E-state index contributed by atoms with van der Waals surface area (Å²) in [6, 6.07) is 3.61. The van der Waals surface area contributed by atoms with E-state index in [1.807, 2.05) is 0 Å². The Bertz CT molecular complexity index is 585. The number of piperidine rings is 1. The van der Waals surface area contributed by atoms with Gasteiger partial charge in [-0.25, -0.2) is 8.78 Å². The van der Waals surface area contributed by atoms with Crippen LogP contribution in [0, 0.1) is 11.6 Å². The van der Waals surface area contributed by atoms with E-state index in [0.717, 1.165) is 37.9 Å². The lowest BCUT2D eigenvalue weighted by Gasteiger charge is -2.19. The summed E-state index contributed by atoms with van der Waals surface area (Å²) in [6.07, 6.45) is 3.20. The third kappa shape index (κ3) is 2.96. The van der Waals surface area contributed by atoms with E-state index in [1.165, 1.54) is 6.07 Å². The smallest absolute Gasteiger partial charge is 0.244 e. The first-order chi connectivity index (χ1) is 9.24. The molecule has 7 heteroatoms. The van der Waals surface area contributed by atoms with E-state index < -0.39 is 11.6 Å².